The summed E-state index contributed by atoms with van der Waals surface area (Å²) in [5, 5.41) is 13.8. The molecule has 0 aromatic heterocycles. The van der Waals surface area contributed by atoms with E-state index in [-0.39, 0.29) is 36.8 Å². The van der Waals surface area contributed by atoms with E-state index in [4.69, 9.17) is 10.7 Å². The van der Waals surface area contributed by atoms with Gasteiger partial charge in [0.15, 0.2) is 0 Å². The van der Waals surface area contributed by atoms with Gasteiger partial charge in [-0.25, -0.2) is 0 Å². The number of carbonyl (C=O) groups excluding carboxylic acids is 4. The van der Waals surface area contributed by atoms with Gasteiger partial charge in [-0.05, 0) is 67.0 Å². The van der Waals surface area contributed by atoms with Gasteiger partial charge in [-0.15, -0.1) is 0 Å². The van der Waals surface area contributed by atoms with Crippen molar-refractivity contribution in [2.45, 2.75) is 63.5 Å². The van der Waals surface area contributed by atoms with Crippen LogP contribution in [0.2, 0.25) is 0 Å². The van der Waals surface area contributed by atoms with E-state index in [2.05, 4.69) is 5.32 Å². The third-order valence-corrected chi connectivity index (χ3v) is 9.22. The number of hydrogen-bond donors (Lipinski definition) is 3. The summed E-state index contributed by atoms with van der Waals surface area (Å²) < 4.78 is 0. The topological polar surface area (TPSA) is 145 Å². The molecule has 2 aromatic carbocycles. The van der Waals surface area contributed by atoms with E-state index in [1.807, 2.05) is 35.4 Å². The van der Waals surface area contributed by atoms with Crippen LogP contribution in [0.4, 0.5) is 5.69 Å². The quantitative estimate of drug-likeness (QED) is 0.352. The van der Waals surface area contributed by atoms with Crippen LogP contribution in [0, 0.1) is 5.41 Å². The Labute approximate surface area is 238 Å². The highest BCUT2D eigenvalue weighted by Crippen LogP contribution is 2.43. The Morgan fingerprint density at radius 3 is 2.56 bits per heavy atom. The standard InChI is InChI=1S/C31H35N5O5/c32-16-19(17-33-21-9-13-35(14-10-21)30(41)31(18-37)11-2-12-31)15-20-5-6-24-27-22(20)3-1-4-23(27)29(40)36(24)25-7-8-26(38)34-28(25)39/h1,3-6,16-17,21,25,37H,2,7-15,18,32H2,(H,34,38,39). The van der Waals surface area contributed by atoms with E-state index in [1.165, 1.54) is 4.90 Å². The summed E-state index contributed by atoms with van der Waals surface area (Å²) in [7, 11) is 0. The van der Waals surface area contributed by atoms with Crippen LogP contribution in [0.15, 0.2) is 47.1 Å². The van der Waals surface area contributed by atoms with E-state index >= 15 is 0 Å². The van der Waals surface area contributed by atoms with Crippen molar-refractivity contribution in [3.05, 3.63) is 53.2 Å². The van der Waals surface area contributed by atoms with Crippen LogP contribution in [-0.4, -0.2) is 71.6 Å². The first-order valence-corrected chi connectivity index (χ1v) is 14.4. The molecule has 4 amide bonds. The summed E-state index contributed by atoms with van der Waals surface area (Å²) in [5.41, 5.74) is 8.49. The Bertz CT molecular complexity index is 1480. The van der Waals surface area contributed by atoms with E-state index in [9.17, 15) is 24.3 Å². The third-order valence-electron chi connectivity index (χ3n) is 9.22. The zero-order valence-corrected chi connectivity index (χ0v) is 23.0. The van der Waals surface area contributed by atoms with Gasteiger partial charge in [0.1, 0.15) is 6.04 Å². The molecule has 1 saturated carbocycles. The number of likely N-dealkylation sites (tertiary alicyclic amines) is 1. The highest BCUT2D eigenvalue weighted by molar-refractivity contribution is 6.27. The lowest BCUT2D eigenvalue weighted by Gasteiger charge is -2.43. The molecule has 6 rings (SSSR count). The fourth-order valence-electron chi connectivity index (χ4n) is 6.62. The molecule has 0 bridgehead atoms. The lowest BCUT2D eigenvalue weighted by atomic mass is 9.68. The second kappa shape index (κ2) is 10.7. The molecule has 214 valence electrons. The second-order valence-corrected chi connectivity index (χ2v) is 11.6. The van der Waals surface area contributed by atoms with Gasteiger partial charge in [0, 0.05) is 43.1 Å². The molecular formula is C31H35N5O5. The van der Waals surface area contributed by atoms with E-state index in [0.29, 0.717) is 37.2 Å². The Morgan fingerprint density at radius 2 is 1.90 bits per heavy atom. The number of nitrogens with one attached hydrogen (secondary N) is 1. The number of rotatable bonds is 7. The number of amides is 4. The minimum absolute atomic E-state index is 0.0746. The number of carbonyl (C=O) groups is 4. The first-order valence-electron chi connectivity index (χ1n) is 14.4. The highest BCUT2D eigenvalue weighted by atomic mass is 16.3. The van der Waals surface area contributed by atoms with Gasteiger partial charge in [-0.3, -0.25) is 34.4 Å². The minimum atomic E-state index is -0.724. The molecule has 10 nitrogen and oxygen atoms in total. The van der Waals surface area contributed by atoms with Gasteiger partial charge in [-0.2, -0.15) is 0 Å². The molecule has 4 aliphatic rings. The summed E-state index contributed by atoms with van der Waals surface area (Å²) in [5.74, 6) is -0.921. The number of aliphatic hydroxyl groups is 1. The first-order chi connectivity index (χ1) is 19.8. The summed E-state index contributed by atoms with van der Waals surface area (Å²) in [6, 6.07) is 8.78. The van der Waals surface area contributed by atoms with Crippen molar-refractivity contribution in [1.82, 2.24) is 10.2 Å². The van der Waals surface area contributed by atoms with Crippen LogP contribution >= 0.6 is 0 Å². The maximum Gasteiger partial charge on any atom is 0.259 e. The van der Waals surface area contributed by atoms with Crippen LogP contribution < -0.4 is 16.0 Å². The van der Waals surface area contributed by atoms with Gasteiger partial charge < -0.3 is 15.7 Å². The summed E-state index contributed by atoms with van der Waals surface area (Å²) in [6.07, 6.45) is 8.43. The van der Waals surface area contributed by atoms with Crippen LogP contribution in [0.3, 0.4) is 0 Å². The molecule has 1 atom stereocenters. The third kappa shape index (κ3) is 4.69. The Kier molecular flexibility index (Phi) is 7.11. The average Bonchev–Trinajstić information content (AvgIpc) is 3.24. The van der Waals surface area contributed by atoms with Crippen LogP contribution in [-0.2, 0) is 20.8 Å². The van der Waals surface area contributed by atoms with Gasteiger partial charge in [0.05, 0.1) is 23.8 Å². The van der Waals surface area contributed by atoms with Gasteiger partial charge in [0.2, 0.25) is 17.7 Å². The number of nitrogens with zero attached hydrogens (tertiary/aromatic N) is 3. The zero-order valence-electron chi connectivity index (χ0n) is 23.0. The molecule has 0 radical (unpaired) electrons. The fraction of sp³-hybridized carbons (Fsp3) is 0.452. The molecule has 1 unspecified atom stereocenters. The lowest BCUT2D eigenvalue weighted by Crippen LogP contribution is -2.53. The lowest BCUT2D eigenvalue weighted by molar-refractivity contribution is -0.152. The monoisotopic (exact) mass is 557 g/mol. The molecule has 2 saturated heterocycles. The predicted octanol–water partition coefficient (Wildman–Crippen LogP) is 2.21. The number of allylic oxidation sites excluding steroid dienone is 1. The molecule has 10 heteroatoms. The van der Waals surface area contributed by atoms with E-state index in [0.717, 1.165) is 54.0 Å². The van der Waals surface area contributed by atoms with Gasteiger partial charge in [0.25, 0.3) is 5.91 Å². The summed E-state index contributed by atoms with van der Waals surface area (Å²) >= 11 is 0. The molecule has 1 aliphatic carbocycles. The number of nitrogens with two attached hydrogens (primary N) is 1. The fourth-order valence-corrected chi connectivity index (χ4v) is 6.62. The summed E-state index contributed by atoms with van der Waals surface area (Å²) in [6.45, 7) is 1.20. The normalized spacial score (nSPS) is 22.9. The first kappa shape index (κ1) is 27.1. The maximum atomic E-state index is 13.4. The molecule has 41 heavy (non-hydrogen) atoms. The highest BCUT2D eigenvalue weighted by Gasteiger charge is 2.46. The van der Waals surface area contributed by atoms with Crippen molar-refractivity contribution >= 4 is 46.3 Å². The van der Waals surface area contributed by atoms with Crippen molar-refractivity contribution in [3.8, 4) is 0 Å². The second-order valence-electron chi connectivity index (χ2n) is 11.6. The number of benzene rings is 2. The van der Waals surface area contributed by atoms with Gasteiger partial charge in [-0.1, -0.05) is 24.6 Å². The smallest absolute Gasteiger partial charge is 0.259 e. The Morgan fingerprint density at radius 1 is 1.12 bits per heavy atom. The van der Waals surface area contributed by atoms with Crippen molar-refractivity contribution in [3.63, 3.8) is 0 Å². The van der Waals surface area contributed by atoms with E-state index < -0.39 is 17.4 Å². The van der Waals surface area contributed by atoms with Crippen molar-refractivity contribution in [2.75, 3.05) is 24.6 Å². The Hall–Kier alpha value is -4.05. The zero-order chi connectivity index (χ0) is 28.7. The van der Waals surface area contributed by atoms with E-state index in [1.54, 1.807) is 12.3 Å². The number of aliphatic hydroxyl groups excluding tert-OH is 1. The van der Waals surface area contributed by atoms with Crippen molar-refractivity contribution in [2.24, 2.45) is 16.1 Å². The number of hydrogen-bond acceptors (Lipinski definition) is 7. The van der Waals surface area contributed by atoms with Crippen molar-refractivity contribution in [1.29, 1.82) is 0 Å². The molecule has 3 fully saturated rings. The number of aliphatic imine (C=N–C) groups is 1. The van der Waals surface area contributed by atoms with Crippen molar-refractivity contribution < 1.29 is 24.3 Å². The largest absolute Gasteiger partial charge is 0.404 e. The summed E-state index contributed by atoms with van der Waals surface area (Å²) in [4.78, 5) is 58.8. The minimum Gasteiger partial charge on any atom is -0.404 e. The van der Waals surface area contributed by atoms with Crippen LogP contribution in [0.25, 0.3) is 10.8 Å². The number of anilines is 1. The molecule has 3 heterocycles. The molecule has 0 spiro atoms. The predicted molar refractivity (Wildman–Crippen MR) is 154 cm³/mol. The molecule has 2 aromatic rings. The van der Waals surface area contributed by atoms with Crippen LogP contribution in [0.1, 0.15) is 60.9 Å². The van der Waals surface area contributed by atoms with Gasteiger partial charge >= 0.3 is 0 Å². The SMILES string of the molecule is NC=C(C=NC1CCN(C(=O)C2(CO)CCC2)CC1)Cc1ccc2c3c(cccc13)C(=O)N2C1CCC(=O)NC1=O. The molecule has 4 N–H and O–H groups in total. The number of imide groups is 1. The number of piperidine rings is 2. The average molecular weight is 558 g/mol. The molecular weight excluding hydrogens is 522 g/mol. The molecule has 3 aliphatic heterocycles. The maximum absolute atomic E-state index is 13.4. The van der Waals surface area contributed by atoms with Crippen LogP contribution in [0.5, 0.6) is 0 Å². The Balaban J connectivity index is 1.16.